The van der Waals surface area contributed by atoms with Crippen molar-refractivity contribution in [1.82, 2.24) is 0 Å². The van der Waals surface area contributed by atoms with Crippen LogP contribution in [0.2, 0.25) is 0 Å². The van der Waals surface area contributed by atoms with Gasteiger partial charge in [-0.1, -0.05) is 12.1 Å². The van der Waals surface area contributed by atoms with Gasteiger partial charge >= 0.3 is 0 Å². The number of hydrogen-bond donors (Lipinski definition) is 1. The molecule has 112 valence electrons. The Morgan fingerprint density at radius 1 is 1.05 bits per heavy atom. The quantitative estimate of drug-likeness (QED) is 0.832. The minimum atomic E-state index is 0.323. The highest BCUT2D eigenvalue weighted by Crippen LogP contribution is 2.28. The van der Waals surface area contributed by atoms with Crippen molar-refractivity contribution in [2.45, 2.75) is 19.4 Å². The monoisotopic (exact) mass is 349 g/mol. The first kappa shape index (κ1) is 15.7. The second-order valence-electron chi connectivity index (χ2n) is 4.95. The summed E-state index contributed by atoms with van der Waals surface area (Å²) in [4.78, 5) is 0. The van der Waals surface area contributed by atoms with E-state index in [2.05, 4.69) is 40.3 Å². The highest BCUT2D eigenvalue weighted by Gasteiger charge is 2.06. The number of nitrogens with one attached hydrogen (secondary N) is 1. The first-order chi connectivity index (χ1) is 10.1. The van der Waals surface area contributed by atoms with E-state index in [9.17, 15) is 0 Å². The van der Waals surface area contributed by atoms with Gasteiger partial charge in [0.1, 0.15) is 11.5 Å². The fourth-order valence-electron chi connectivity index (χ4n) is 2.20. The molecule has 21 heavy (non-hydrogen) atoms. The van der Waals surface area contributed by atoms with Gasteiger partial charge in [0.2, 0.25) is 0 Å². The molecule has 1 N–H and O–H groups in total. The van der Waals surface area contributed by atoms with E-state index in [1.165, 1.54) is 5.56 Å². The van der Waals surface area contributed by atoms with Crippen LogP contribution in [0, 0.1) is 0 Å². The predicted octanol–water partition coefficient (Wildman–Crippen LogP) is 4.51. The summed E-state index contributed by atoms with van der Waals surface area (Å²) >= 11 is 3.46. The maximum Gasteiger partial charge on any atom is 0.135 e. The average molecular weight is 350 g/mol. The molecule has 2 aromatic carbocycles. The molecule has 0 aromatic heterocycles. The molecule has 0 heterocycles. The summed E-state index contributed by atoms with van der Waals surface area (Å²) in [7, 11) is 3.35. The van der Waals surface area contributed by atoms with E-state index in [0.29, 0.717) is 6.04 Å². The van der Waals surface area contributed by atoms with Crippen LogP contribution >= 0.6 is 15.9 Å². The number of ether oxygens (including phenoxy) is 2. The van der Waals surface area contributed by atoms with E-state index < -0.39 is 0 Å². The number of anilines is 1. The van der Waals surface area contributed by atoms with Crippen molar-refractivity contribution in [3.05, 3.63) is 52.5 Å². The molecule has 0 aliphatic heterocycles. The topological polar surface area (TPSA) is 30.5 Å². The van der Waals surface area contributed by atoms with E-state index in [1.807, 2.05) is 30.3 Å². The fourth-order valence-corrected chi connectivity index (χ4v) is 2.61. The molecule has 4 heteroatoms. The van der Waals surface area contributed by atoms with Crippen LogP contribution in [0.3, 0.4) is 0 Å². The van der Waals surface area contributed by atoms with Gasteiger partial charge in [0, 0.05) is 17.8 Å². The molecule has 2 rings (SSSR count). The molecule has 0 radical (unpaired) electrons. The van der Waals surface area contributed by atoms with Crippen molar-refractivity contribution in [3.63, 3.8) is 0 Å². The Balaban J connectivity index is 1.98. The lowest BCUT2D eigenvalue weighted by Gasteiger charge is -2.16. The number of methoxy groups -OCH3 is 2. The van der Waals surface area contributed by atoms with Gasteiger partial charge in [-0.15, -0.1) is 0 Å². The molecule has 0 amide bonds. The van der Waals surface area contributed by atoms with Crippen LogP contribution in [0.1, 0.15) is 12.5 Å². The van der Waals surface area contributed by atoms with Gasteiger partial charge in [-0.05, 0) is 59.1 Å². The minimum Gasteiger partial charge on any atom is -0.497 e. The molecule has 0 bridgehead atoms. The normalized spacial score (nSPS) is 11.8. The minimum absolute atomic E-state index is 0.323. The summed E-state index contributed by atoms with van der Waals surface area (Å²) < 4.78 is 11.4. The molecule has 0 aliphatic carbocycles. The molecule has 0 saturated heterocycles. The van der Waals surface area contributed by atoms with Gasteiger partial charge in [0.05, 0.1) is 18.7 Å². The Morgan fingerprint density at radius 2 is 1.76 bits per heavy atom. The highest BCUT2D eigenvalue weighted by atomic mass is 79.9. The van der Waals surface area contributed by atoms with Gasteiger partial charge < -0.3 is 14.8 Å². The average Bonchev–Trinajstić information content (AvgIpc) is 2.50. The third-order valence-corrected chi connectivity index (χ3v) is 3.92. The Hall–Kier alpha value is -1.68. The lowest BCUT2D eigenvalue weighted by Crippen LogP contribution is -2.18. The first-order valence-electron chi connectivity index (χ1n) is 6.85. The smallest absolute Gasteiger partial charge is 0.135 e. The summed E-state index contributed by atoms with van der Waals surface area (Å²) in [6.45, 7) is 2.17. The van der Waals surface area contributed by atoms with Crippen LogP contribution in [0.5, 0.6) is 11.5 Å². The molecular weight excluding hydrogens is 330 g/mol. The van der Waals surface area contributed by atoms with Gasteiger partial charge in [0.25, 0.3) is 0 Å². The lowest BCUT2D eigenvalue weighted by atomic mass is 10.1. The summed E-state index contributed by atoms with van der Waals surface area (Å²) in [6, 6.07) is 14.5. The zero-order chi connectivity index (χ0) is 15.2. The Labute approximate surface area is 134 Å². The van der Waals surface area contributed by atoms with Crippen LogP contribution < -0.4 is 14.8 Å². The van der Waals surface area contributed by atoms with Gasteiger partial charge in [-0.25, -0.2) is 0 Å². The zero-order valence-electron chi connectivity index (χ0n) is 12.5. The third-order valence-electron chi connectivity index (χ3n) is 3.27. The maximum absolute atomic E-state index is 5.31. The van der Waals surface area contributed by atoms with Crippen LogP contribution in [-0.4, -0.2) is 20.3 Å². The van der Waals surface area contributed by atoms with E-state index in [1.54, 1.807) is 14.2 Å². The number of benzene rings is 2. The van der Waals surface area contributed by atoms with Crippen LogP contribution in [0.15, 0.2) is 46.9 Å². The predicted molar refractivity (Wildman–Crippen MR) is 90.5 cm³/mol. The molecule has 0 aliphatic rings. The lowest BCUT2D eigenvalue weighted by molar-refractivity contribution is 0.412. The third kappa shape index (κ3) is 4.39. The second-order valence-corrected chi connectivity index (χ2v) is 5.80. The van der Waals surface area contributed by atoms with E-state index in [-0.39, 0.29) is 0 Å². The molecule has 2 aromatic rings. The Kier molecular flexibility index (Phi) is 5.51. The molecule has 3 nitrogen and oxygen atoms in total. The van der Waals surface area contributed by atoms with Gasteiger partial charge in [0.15, 0.2) is 0 Å². The highest BCUT2D eigenvalue weighted by molar-refractivity contribution is 9.10. The maximum atomic E-state index is 5.31. The van der Waals surface area contributed by atoms with Crippen molar-refractivity contribution in [3.8, 4) is 11.5 Å². The zero-order valence-corrected chi connectivity index (χ0v) is 14.1. The standard InChI is InChI=1S/C17H20BrNO2/c1-12(10-13-4-7-15(20-2)8-5-13)19-14-6-9-16(18)17(11-14)21-3/h4-9,11-12,19H,10H2,1-3H3. The van der Waals surface area contributed by atoms with Crippen molar-refractivity contribution >= 4 is 21.6 Å². The summed E-state index contributed by atoms with van der Waals surface area (Å²) in [6.07, 6.45) is 0.947. The molecule has 0 saturated carbocycles. The van der Waals surface area contributed by atoms with Crippen molar-refractivity contribution < 1.29 is 9.47 Å². The second kappa shape index (κ2) is 7.36. The van der Waals surface area contributed by atoms with Crippen molar-refractivity contribution in [2.75, 3.05) is 19.5 Å². The van der Waals surface area contributed by atoms with E-state index in [4.69, 9.17) is 9.47 Å². The molecule has 0 spiro atoms. The van der Waals surface area contributed by atoms with Gasteiger partial charge in [-0.2, -0.15) is 0 Å². The SMILES string of the molecule is COc1ccc(CC(C)Nc2ccc(Br)c(OC)c2)cc1. The van der Waals surface area contributed by atoms with Crippen LogP contribution in [-0.2, 0) is 6.42 Å². The van der Waals surface area contributed by atoms with Crippen molar-refractivity contribution in [2.24, 2.45) is 0 Å². The summed E-state index contributed by atoms with van der Waals surface area (Å²) in [5.74, 6) is 1.72. The Bertz CT molecular complexity index is 584. The first-order valence-corrected chi connectivity index (χ1v) is 7.64. The largest absolute Gasteiger partial charge is 0.497 e. The van der Waals surface area contributed by atoms with E-state index in [0.717, 1.165) is 28.1 Å². The molecule has 0 fully saturated rings. The molecular formula is C17H20BrNO2. The number of hydrogen-bond acceptors (Lipinski definition) is 3. The molecule has 1 unspecified atom stereocenters. The van der Waals surface area contributed by atoms with Crippen molar-refractivity contribution in [1.29, 1.82) is 0 Å². The van der Waals surface area contributed by atoms with Crippen LogP contribution in [0.4, 0.5) is 5.69 Å². The summed E-state index contributed by atoms with van der Waals surface area (Å²) in [5.41, 5.74) is 2.33. The summed E-state index contributed by atoms with van der Waals surface area (Å²) in [5, 5.41) is 3.49. The van der Waals surface area contributed by atoms with Crippen LogP contribution in [0.25, 0.3) is 0 Å². The van der Waals surface area contributed by atoms with Gasteiger partial charge in [-0.3, -0.25) is 0 Å². The number of rotatable bonds is 6. The molecule has 1 atom stereocenters. The van der Waals surface area contributed by atoms with E-state index >= 15 is 0 Å². The Morgan fingerprint density at radius 3 is 2.38 bits per heavy atom. The number of halogens is 1. The fraction of sp³-hybridized carbons (Fsp3) is 0.294.